The van der Waals surface area contributed by atoms with Gasteiger partial charge in [0, 0.05) is 58.7 Å². The highest BCUT2D eigenvalue weighted by Gasteiger charge is 2.34. The average Bonchev–Trinajstić information content (AvgIpc) is 3.22. The lowest BCUT2D eigenvalue weighted by Crippen LogP contribution is -2.54. The Hall–Kier alpha value is -1.77. The number of hydrogen-bond donors (Lipinski definition) is 1. The Labute approximate surface area is 158 Å². The fraction of sp³-hybridized carbons (Fsp3) is 0.444. The average molecular weight is 389 g/mol. The van der Waals surface area contributed by atoms with Gasteiger partial charge in [-0.3, -0.25) is 4.21 Å². The Bertz CT molecular complexity index is 965. The highest BCUT2D eigenvalue weighted by Crippen LogP contribution is 2.36. The first-order valence-electron chi connectivity index (χ1n) is 8.87. The largest absolute Gasteiger partial charge is 0.423 e. The third-order valence-corrected chi connectivity index (χ3v) is 6.99. The molecule has 8 heteroatoms. The van der Waals surface area contributed by atoms with Crippen molar-refractivity contribution in [1.82, 2.24) is 15.3 Å². The van der Waals surface area contributed by atoms with E-state index in [4.69, 9.17) is 9.40 Å². The van der Waals surface area contributed by atoms with Gasteiger partial charge < -0.3 is 14.6 Å². The van der Waals surface area contributed by atoms with Gasteiger partial charge in [-0.05, 0) is 31.4 Å². The summed E-state index contributed by atoms with van der Waals surface area (Å²) in [6.07, 6.45) is 7.07. The van der Waals surface area contributed by atoms with Gasteiger partial charge >= 0.3 is 0 Å². The van der Waals surface area contributed by atoms with E-state index in [1.165, 1.54) is 12.8 Å². The van der Waals surface area contributed by atoms with Crippen molar-refractivity contribution in [3.8, 4) is 10.6 Å². The highest BCUT2D eigenvalue weighted by molar-refractivity contribution is 7.84. The molecule has 3 fully saturated rings. The molecule has 5 heterocycles. The SMILES string of the molecule is CS(=O)c1cc(-c2nccs2)c2oc(N3CC4CCCC3CN4)nc2c1. The Balaban J connectivity index is 1.65. The molecule has 3 atom stereocenters. The van der Waals surface area contributed by atoms with Gasteiger partial charge in [0.25, 0.3) is 6.01 Å². The molecular formula is C18H20N4O2S2. The molecule has 0 amide bonds. The topological polar surface area (TPSA) is 71.3 Å². The molecule has 1 N–H and O–H groups in total. The molecule has 3 aliphatic rings. The first-order chi connectivity index (χ1) is 12.7. The maximum Gasteiger partial charge on any atom is 0.298 e. The first kappa shape index (κ1) is 16.4. The van der Waals surface area contributed by atoms with Crippen molar-refractivity contribution < 1.29 is 8.63 Å². The third kappa shape index (κ3) is 2.76. The third-order valence-electron chi connectivity index (χ3n) is 5.28. The fourth-order valence-corrected chi connectivity index (χ4v) is 5.16. The van der Waals surface area contributed by atoms with E-state index in [2.05, 4.69) is 15.2 Å². The number of benzene rings is 1. The second-order valence-corrected chi connectivity index (χ2v) is 9.22. The van der Waals surface area contributed by atoms with Crippen LogP contribution in [0.2, 0.25) is 0 Å². The summed E-state index contributed by atoms with van der Waals surface area (Å²) in [6.45, 7) is 1.91. The number of aromatic nitrogens is 2. The molecule has 26 heavy (non-hydrogen) atoms. The van der Waals surface area contributed by atoms with Crippen LogP contribution in [-0.2, 0) is 10.8 Å². The second-order valence-electron chi connectivity index (χ2n) is 6.95. The monoisotopic (exact) mass is 388 g/mol. The first-order valence-corrected chi connectivity index (χ1v) is 11.3. The number of anilines is 1. The van der Waals surface area contributed by atoms with Crippen molar-refractivity contribution in [2.45, 2.75) is 36.2 Å². The molecule has 3 aromatic rings. The number of thiazole rings is 1. The molecule has 0 saturated carbocycles. The van der Waals surface area contributed by atoms with Crippen LogP contribution in [0.5, 0.6) is 0 Å². The van der Waals surface area contributed by atoms with Gasteiger partial charge in [0.1, 0.15) is 10.5 Å². The summed E-state index contributed by atoms with van der Waals surface area (Å²) in [5.74, 6) is 0. The predicted octanol–water partition coefficient (Wildman–Crippen LogP) is 3.02. The van der Waals surface area contributed by atoms with Crippen LogP contribution in [0, 0.1) is 0 Å². The zero-order valence-electron chi connectivity index (χ0n) is 14.5. The summed E-state index contributed by atoms with van der Waals surface area (Å²) in [7, 11) is -1.09. The summed E-state index contributed by atoms with van der Waals surface area (Å²) >= 11 is 1.55. The van der Waals surface area contributed by atoms with Crippen LogP contribution in [0.3, 0.4) is 0 Å². The summed E-state index contributed by atoms with van der Waals surface area (Å²) in [5.41, 5.74) is 2.36. The van der Waals surface area contributed by atoms with E-state index in [1.807, 2.05) is 17.5 Å². The fourth-order valence-electron chi connectivity index (χ4n) is 3.95. The number of rotatable bonds is 3. The molecule has 0 radical (unpaired) electrons. The molecular weight excluding hydrogens is 368 g/mol. The van der Waals surface area contributed by atoms with Gasteiger partial charge in [-0.2, -0.15) is 4.98 Å². The molecule has 136 valence electrons. The van der Waals surface area contributed by atoms with Crippen LogP contribution < -0.4 is 10.2 Å². The van der Waals surface area contributed by atoms with Gasteiger partial charge in [0.2, 0.25) is 0 Å². The quantitative estimate of drug-likeness (QED) is 0.744. The number of hydrogen-bond acceptors (Lipinski definition) is 7. The summed E-state index contributed by atoms with van der Waals surface area (Å²) in [5, 5.41) is 6.42. The van der Waals surface area contributed by atoms with Crippen molar-refractivity contribution in [1.29, 1.82) is 0 Å². The van der Waals surface area contributed by atoms with E-state index >= 15 is 0 Å². The molecule has 2 aromatic heterocycles. The van der Waals surface area contributed by atoms with E-state index in [1.54, 1.807) is 23.8 Å². The normalized spacial score (nSPS) is 24.1. The van der Waals surface area contributed by atoms with Crippen LogP contribution in [-0.4, -0.2) is 45.6 Å². The minimum atomic E-state index is -1.09. The van der Waals surface area contributed by atoms with E-state index in [0.29, 0.717) is 18.1 Å². The summed E-state index contributed by atoms with van der Waals surface area (Å²) in [4.78, 5) is 12.3. The van der Waals surface area contributed by atoms with Gasteiger partial charge in [0.05, 0.1) is 5.56 Å². The van der Waals surface area contributed by atoms with Gasteiger partial charge in [-0.25, -0.2) is 4.98 Å². The van der Waals surface area contributed by atoms with Crippen LogP contribution in [0.25, 0.3) is 21.7 Å². The summed E-state index contributed by atoms with van der Waals surface area (Å²) < 4.78 is 18.3. The van der Waals surface area contributed by atoms with Crippen LogP contribution in [0.15, 0.2) is 33.0 Å². The highest BCUT2D eigenvalue weighted by atomic mass is 32.2. The number of nitrogens with zero attached hydrogens (tertiary/aromatic N) is 3. The molecule has 6 nitrogen and oxygen atoms in total. The molecule has 0 spiro atoms. The lowest BCUT2D eigenvalue weighted by molar-refractivity contribution is 0.399. The standard InChI is InChI=1S/C18H20N4O2S2/c1-26(23)13-7-14(17-19-5-6-25-17)16-15(8-13)21-18(24-16)22-10-11-3-2-4-12(22)9-20-11/h5-8,11-12,20H,2-4,9-10H2,1H3. The van der Waals surface area contributed by atoms with Crippen molar-refractivity contribution >= 4 is 39.3 Å². The number of oxazole rings is 1. The molecule has 0 aliphatic carbocycles. The Morgan fingerprint density at radius 1 is 1.38 bits per heavy atom. The lowest BCUT2D eigenvalue weighted by atomic mass is 10.1. The summed E-state index contributed by atoms with van der Waals surface area (Å²) in [6, 6.07) is 5.40. The van der Waals surface area contributed by atoms with E-state index in [-0.39, 0.29) is 0 Å². The molecule has 2 bridgehead atoms. The van der Waals surface area contributed by atoms with Crippen molar-refractivity contribution in [3.63, 3.8) is 0 Å². The molecule has 3 unspecified atom stereocenters. The molecule has 3 aliphatic heterocycles. The van der Waals surface area contributed by atoms with Crippen LogP contribution in [0.4, 0.5) is 6.01 Å². The predicted molar refractivity (Wildman–Crippen MR) is 104 cm³/mol. The van der Waals surface area contributed by atoms with Gasteiger partial charge in [-0.1, -0.05) is 0 Å². The number of piperazine rings is 1. The Morgan fingerprint density at radius 3 is 3.12 bits per heavy atom. The maximum absolute atomic E-state index is 12.1. The molecule has 1 aromatic carbocycles. The molecule has 6 rings (SSSR count). The Kier molecular flexibility index (Phi) is 4.06. The zero-order valence-corrected chi connectivity index (χ0v) is 16.1. The number of nitrogens with one attached hydrogen (secondary N) is 1. The number of fused-ring (bicyclic) bond motifs is 5. The van der Waals surface area contributed by atoms with E-state index in [9.17, 15) is 4.21 Å². The van der Waals surface area contributed by atoms with Crippen molar-refractivity contribution in [2.24, 2.45) is 0 Å². The molecule has 3 saturated heterocycles. The van der Waals surface area contributed by atoms with Gasteiger partial charge in [-0.15, -0.1) is 11.3 Å². The maximum atomic E-state index is 12.1. The van der Waals surface area contributed by atoms with Crippen LogP contribution in [0.1, 0.15) is 19.3 Å². The zero-order chi connectivity index (χ0) is 17.7. The van der Waals surface area contributed by atoms with Gasteiger partial charge in [0.15, 0.2) is 5.58 Å². The van der Waals surface area contributed by atoms with Crippen molar-refractivity contribution in [2.75, 3.05) is 24.2 Å². The van der Waals surface area contributed by atoms with Crippen molar-refractivity contribution in [3.05, 3.63) is 23.7 Å². The lowest BCUT2D eigenvalue weighted by Gasteiger charge is -2.36. The van der Waals surface area contributed by atoms with E-state index < -0.39 is 10.8 Å². The van der Waals surface area contributed by atoms with E-state index in [0.717, 1.165) is 46.1 Å². The second kappa shape index (κ2) is 6.44. The Morgan fingerprint density at radius 2 is 2.31 bits per heavy atom. The smallest absolute Gasteiger partial charge is 0.298 e. The minimum Gasteiger partial charge on any atom is -0.423 e. The van der Waals surface area contributed by atoms with Crippen LogP contribution >= 0.6 is 11.3 Å². The minimum absolute atomic E-state index is 0.421.